The van der Waals surface area contributed by atoms with Crippen LogP contribution in [0.2, 0.25) is 5.02 Å². The summed E-state index contributed by atoms with van der Waals surface area (Å²) in [6.45, 7) is 2.33. The zero-order chi connectivity index (χ0) is 12.3. The van der Waals surface area contributed by atoms with Gasteiger partial charge in [-0.05, 0) is 25.1 Å². The molecule has 0 aliphatic carbocycles. The van der Waals surface area contributed by atoms with Crippen LogP contribution in [0.5, 0.6) is 0 Å². The van der Waals surface area contributed by atoms with Gasteiger partial charge in [-0.1, -0.05) is 17.7 Å². The van der Waals surface area contributed by atoms with Gasteiger partial charge in [0.15, 0.2) is 11.6 Å². The van der Waals surface area contributed by atoms with E-state index >= 15 is 0 Å². The Balaban J connectivity index is 2.07. The Kier molecular flexibility index (Phi) is 3.54. The third-order valence-electron chi connectivity index (χ3n) is 2.19. The van der Waals surface area contributed by atoms with Gasteiger partial charge in [0.2, 0.25) is 0 Å². The summed E-state index contributed by atoms with van der Waals surface area (Å²) in [6, 6.07) is 6.91. The minimum atomic E-state index is -0.467. The summed E-state index contributed by atoms with van der Waals surface area (Å²) in [6.07, 6.45) is 1.40. The molecule has 0 aliphatic rings. The van der Waals surface area contributed by atoms with Crippen LogP contribution in [0.3, 0.4) is 0 Å². The maximum absolute atomic E-state index is 13.4. The lowest BCUT2D eigenvalue weighted by molar-refractivity contribution is 0.624. The van der Waals surface area contributed by atoms with Crippen LogP contribution >= 0.6 is 11.6 Å². The van der Waals surface area contributed by atoms with E-state index in [1.807, 2.05) is 25.1 Å². The van der Waals surface area contributed by atoms with Crippen molar-refractivity contribution in [2.75, 3.05) is 5.32 Å². The van der Waals surface area contributed by atoms with E-state index in [0.29, 0.717) is 6.54 Å². The molecule has 5 heteroatoms. The van der Waals surface area contributed by atoms with Crippen molar-refractivity contribution in [1.82, 2.24) is 9.97 Å². The van der Waals surface area contributed by atoms with Crippen LogP contribution in [0.25, 0.3) is 0 Å². The number of aryl methyl sites for hydroxylation is 1. The smallest absolute Gasteiger partial charge is 0.166 e. The molecule has 2 aromatic heterocycles. The van der Waals surface area contributed by atoms with Crippen LogP contribution < -0.4 is 5.32 Å². The number of hydrogen-bond donors (Lipinski definition) is 1. The first-order chi connectivity index (χ1) is 8.15. The molecular formula is C12H11ClFN3. The third kappa shape index (κ3) is 3.14. The predicted molar refractivity (Wildman–Crippen MR) is 65.5 cm³/mol. The second-order valence-electron chi connectivity index (χ2n) is 3.61. The van der Waals surface area contributed by atoms with Gasteiger partial charge >= 0.3 is 0 Å². The Morgan fingerprint density at radius 2 is 2.24 bits per heavy atom. The molecule has 3 nitrogen and oxygen atoms in total. The molecule has 0 saturated carbocycles. The highest BCUT2D eigenvalue weighted by Gasteiger charge is 2.04. The number of aromatic nitrogens is 2. The quantitative estimate of drug-likeness (QED) is 0.910. The minimum Gasteiger partial charge on any atom is -0.362 e. The van der Waals surface area contributed by atoms with Crippen molar-refractivity contribution in [1.29, 1.82) is 0 Å². The highest BCUT2D eigenvalue weighted by atomic mass is 35.5. The van der Waals surface area contributed by atoms with Crippen molar-refractivity contribution in [2.45, 2.75) is 13.5 Å². The van der Waals surface area contributed by atoms with Crippen molar-refractivity contribution in [3.05, 3.63) is 52.7 Å². The number of anilines is 1. The molecule has 17 heavy (non-hydrogen) atoms. The van der Waals surface area contributed by atoms with Crippen molar-refractivity contribution in [2.24, 2.45) is 0 Å². The van der Waals surface area contributed by atoms with E-state index in [4.69, 9.17) is 11.6 Å². The molecule has 0 saturated heterocycles. The highest BCUT2D eigenvalue weighted by molar-refractivity contribution is 6.30. The molecule has 0 fully saturated rings. The van der Waals surface area contributed by atoms with Crippen LogP contribution in [-0.2, 0) is 6.54 Å². The molecule has 0 unspecified atom stereocenters. The van der Waals surface area contributed by atoms with Gasteiger partial charge in [-0.2, -0.15) is 0 Å². The van der Waals surface area contributed by atoms with E-state index in [1.54, 1.807) is 0 Å². The zero-order valence-corrected chi connectivity index (χ0v) is 10.0. The summed E-state index contributed by atoms with van der Waals surface area (Å²) in [5.41, 5.74) is 1.76. The number of nitrogens with zero attached hydrogens (tertiary/aromatic N) is 2. The first-order valence-corrected chi connectivity index (χ1v) is 5.50. The summed E-state index contributed by atoms with van der Waals surface area (Å²) >= 11 is 5.61. The fraction of sp³-hybridized carbons (Fsp3) is 0.167. The normalized spacial score (nSPS) is 10.3. The Morgan fingerprint density at radius 3 is 2.94 bits per heavy atom. The van der Waals surface area contributed by atoms with Gasteiger partial charge in [0.25, 0.3) is 0 Å². The zero-order valence-electron chi connectivity index (χ0n) is 9.24. The summed E-state index contributed by atoms with van der Waals surface area (Å²) < 4.78 is 13.4. The standard InChI is InChI=1S/C12H11ClFN3/c1-8-3-2-4-10(17-8)7-16-12-11(14)5-9(13)6-15-12/h2-6H,7H2,1H3,(H,15,16). The second kappa shape index (κ2) is 5.10. The third-order valence-corrected chi connectivity index (χ3v) is 2.40. The van der Waals surface area contributed by atoms with E-state index in [-0.39, 0.29) is 10.8 Å². The Morgan fingerprint density at radius 1 is 1.41 bits per heavy atom. The average Bonchev–Trinajstić information content (AvgIpc) is 2.28. The van der Waals surface area contributed by atoms with Gasteiger partial charge in [-0.15, -0.1) is 0 Å². The van der Waals surface area contributed by atoms with E-state index < -0.39 is 5.82 Å². The van der Waals surface area contributed by atoms with Gasteiger partial charge in [0.1, 0.15) is 0 Å². The molecule has 2 heterocycles. The van der Waals surface area contributed by atoms with E-state index in [1.165, 1.54) is 12.3 Å². The fourth-order valence-corrected chi connectivity index (χ4v) is 1.56. The van der Waals surface area contributed by atoms with Crippen LogP contribution in [0.4, 0.5) is 10.2 Å². The van der Waals surface area contributed by atoms with Crippen molar-refractivity contribution < 1.29 is 4.39 Å². The molecule has 0 bridgehead atoms. The predicted octanol–water partition coefficient (Wildman–Crippen LogP) is 3.19. The van der Waals surface area contributed by atoms with Crippen LogP contribution in [0.15, 0.2) is 30.5 Å². The fourth-order valence-electron chi connectivity index (χ4n) is 1.42. The maximum atomic E-state index is 13.4. The minimum absolute atomic E-state index is 0.178. The molecule has 0 radical (unpaired) electrons. The van der Waals surface area contributed by atoms with Crippen LogP contribution in [-0.4, -0.2) is 9.97 Å². The molecule has 2 aromatic rings. The number of pyridine rings is 2. The van der Waals surface area contributed by atoms with E-state index in [2.05, 4.69) is 15.3 Å². The number of halogens is 2. The largest absolute Gasteiger partial charge is 0.362 e. The molecule has 0 spiro atoms. The van der Waals surface area contributed by atoms with Crippen molar-refractivity contribution >= 4 is 17.4 Å². The summed E-state index contributed by atoms with van der Waals surface area (Å²) in [4.78, 5) is 8.17. The topological polar surface area (TPSA) is 37.8 Å². The van der Waals surface area contributed by atoms with Gasteiger partial charge < -0.3 is 5.32 Å². The maximum Gasteiger partial charge on any atom is 0.166 e. The van der Waals surface area contributed by atoms with Gasteiger partial charge in [-0.3, -0.25) is 4.98 Å². The number of hydrogen-bond acceptors (Lipinski definition) is 3. The van der Waals surface area contributed by atoms with Crippen LogP contribution in [0.1, 0.15) is 11.4 Å². The highest BCUT2D eigenvalue weighted by Crippen LogP contribution is 2.15. The van der Waals surface area contributed by atoms with E-state index in [9.17, 15) is 4.39 Å². The van der Waals surface area contributed by atoms with E-state index in [0.717, 1.165) is 11.4 Å². The van der Waals surface area contributed by atoms with Crippen molar-refractivity contribution in [3.8, 4) is 0 Å². The average molecular weight is 252 g/mol. The van der Waals surface area contributed by atoms with Gasteiger partial charge in [-0.25, -0.2) is 9.37 Å². The molecule has 1 N–H and O–H groups in total. The molecule has 0 atom stereocenters. The van der Waals surface area contributed by atoms with Gasteiger partial charge in [0, 0.05) is 11.9 Å². The second-order valence-corrected chi connectivity index (χ2v) is 4.04. The van der Waals surface area contributed by atoms with Crippen LogP contribution in [0, 0.1) is 12.7 Å². The molecule has 0 aliphatic heterocycles. The Hall–Kier alpha value is -1.68. The summed E-state index contributed by atoms with van der Waals surface area (Å²) in [7, 11) is 0. The SMILES string of the molecule is Cc1cccc(CNc2ncc(Cl)cc2F)n1. The first kappa shape index (κ1) is 11.8. The Labute approximate surface area is 104 Å². The lowest BCUT2D eigenvalue weighted by Crippen LogP contribution is -2.05. The summed E-state index contributed by atoms with van der Waals surface area (Å²) in [5, 5.41) is 3.16. The molecular weight excluding hydrogens is 241 g/mol. The molecule has 2 rings (SSSR count). The lowest BCUT2D eigenvalue weighted by Gasteiger charge is -2.06. The first-order valence-electron chi connectivity index (χ1n) is 5.12. The molecule has 88 valence electrons. The molecule has 0 aromatic carbocycles. The number of nitrogens with one attached hydrogen (secondary N) is 1. The monoisotopic (exact) mass is 251 g/mol. The molecule has 0 amide bonds. The van der Waals surface area contributed by atoms with Gasteiger partial charge in [0.05, 0.1) is 17.3 Å². The lowest BCUT2D eigenvalue weighted by atomic mass is 10.3. The number of rotatable bonds is 3. The van der Waals surface area contributed by atoms with Crippen molar-refractivity contribution in [3.63, 3.8) is 0 Å². The summed E-state index contributed by atoms with van der Waals surface area (Å²) in [5.74, 6) is -0.289. The Bertz CT molecular complexity index is 531.